The van der Waals surface area contributed by atoms with Crippen LogP contribution in [0.1, 0.15) is 0 Å². The van der Waals surface area contributed by atoms with Crippen LogP contribution in [0.25, 0.3) is 22.4 Å². The minimum absolute atomic E-state index is 0.0170. The van der Waals surface area contributed by atoms with Crippen LogP contribution < -0.4 is 10.5 Å². The van der Waals surface area contributed by atoms with Gasteiger partial charge in [-0.25, -0.2) is 19.4 Å². The molecule has 9 nitrogen and oxygen atoms in total. The van der Waals surface area contributed by atoms with Crippen molar-refractivity contribution in [2.24, 2.45) is 0 Å². The molecule has 0 unspecified atom stereocenters. The molecule has 0 saturated heterocycles. The van der Waals surface area contributed by atoms with Crippen molar-refractivity contribution < 1.29 is 28.2 Å². The molecule has 2 aromatic carbocycles. The zero-order valence-electron chi connectivity index (χ0n) is 16.8. The number of carbonyl (C=O) groups is 2. The maximum atomic E-state index is 12.6. The van der Waals surface area contributed by atoms with E-state index in [9.17, 15) is 14.4 Å². The fourth-order valence-corrected chi connectivity index (χ4v) is 3.36. The number of fused-ring (bicyclic) bond motifs is 1. The molecule has 0 saturated carbocycles. The second-order valence-corrected chi connectivity index (χ2v) is 6.56. The zero-order valence-corrected chi connectivity index (χ0v) is 16.8. The Balaban J connectivity index is 1.91. The van der Waals surface area contributed by atoms with Crippen LogP contribution in [0, 0.1) is 0 Å². The Bertz CT molecular complexity index is 1260. The van der Waals surface area contributed by atoms with Gasteiger partial charge in [-0.1, -0.05) is 24.3 Å². The van der Waals surface area contributed by atoms with E-state index in [0.717, 1.165) is 0 Å². The summed E-state index contributed by atoms with van der Waals surface area (Å²) in [6.07, 6.45) is 0. The third-order valence-electron chi connectivity index (χ3n) is 4.79. The first-order valence-corrected chi connectivity index (χ1v) is 9.29. The zero-order chi connectivity index (χ0) is 22.0. The molecule has 0 radical (unpaired) electrons. The van der Waals surface area contributed by atoms with E-state index in [4.69, 9.17) is 18.6 Å². The third kappa shape index (κ3) is 3.66. The number of esters is 2. The van der Waals surface area contributed by atoms with Crippen LogP contribution in [0.15, 0.2) is 69.0 Å². The molecule has 2 heterocycles. The van der Waals surface area contributed by atoms with Crippen LogP contribution in [0.3, 0.4) is 0 Å². The summed E-state index contributed by atoms with van der Waals surface area (Å²) in [5.41, 5.74) is 0.803. The highest BCUT2D eigenvalue weighted by molar-refractivity contribution is 6.04. The normalized spacial score (nSPS) is 13.9. The topological polar surface area (TPSA) is 108 Å². The molecule has 0 N–H and O–H groups in total. The van der Waals surface area contributed by atoms with Crippen LogP contribution in [0.5, 0.6) is 0 Å². The molecule has 9 heteroatoms. The molecule has 3 aromatic rings. The highest BCUT2D eigenvalue weighted by Gasteiger charge is 2.33. The van der Waals surface area contributed by atoms with Crippen molar-refractivity contribution >= 4 is 28.5 Å². The summed E-state index contributed by atoms with van der Waals surface area (Å²) in [6, 6.07) is 13.7. The minimum Gasteiger partial charge on any atom is -0.466 e. The SMILES string of the molecule is COC(=O)C1=C(C(=O)OC)N(c2ccccc2-c2nc3ccccc3c(=O)o2)COC1. The molecule has 0 spiro atoms. The van der Waals surface area contributed by atoms with Gasteiger partial charge >= 0.3 is 17.6 Å². The Morgan fingerprint density at radius 2 is 1.71 bits per heavy atom. The van der Waals surface area contributed by atoms with Crippen LogP contribution in [-0.2, 0) is 23.8 Å². The van der Waals surface area contributed by atoms with Gasteiger partial charge in [0.25, 0.3) is 0 Å². The number of para-hydroxylation sites is 2. The maximum absolute atomic E-state index is 12.6. The first-order chi connectivity index (χ1) is 15.0. The van der Waals surface area contributed by atoms with Crippen molar-refractivity contribution in [3.8, 4) is 11.5 Å². The van der Waals surface area contributed by atoms with Crippen LogP contribution in [0.2, 0.25) is 0 Å². The van der Waals surface area contributed by atoms with Crippen molar-refractivity contribution in [2.75, 3.05) is 32.5 Å². The van der Waals surface area contributed by atoms with Gasteiger partial charge in [-0.2, -0.15) is 0 Å². The van der Waals surface area contributed by atoms with Gasteiger partial charge in [-0.3, -0.25) is 0 Å². The van der Waals surface area contributed by atoms with Gasteiger partial charge in [0.1, 0.15) is 12.4 Å². The fourth-order valence-electron chi connectivity index (χ4n) is 3.36. The van der Waals surface area contributed by atoms with E-state index in [1.54, 1.807) is 48.5 Å². The molecule has 31 heavy (non-hydrogen) atoms. The highest BCUT2D eigenvalue weighted by Crippen LogP contribution is 2.34. The summed E-state index contributed by atoms with van der Waals surface area (Å²) in [5.74, 6) is -1.38. The smallest absolute Gasteiger partial charge is 0.355 e. The lowest BCUT2D eigenvalue weighted by Gasteiger charge is -2.32. The van der Waals surface area contributed by atoms with Crippen LogP contribution in [0.4, 0.5) is 5.69 Å². The van der Waals surface area contributed by atoms with Gasteiger partial charge in [0.05, 0.1) is 48.6 Å². The van der Waals surface area contributed by atoms with Gasteiger partial charge in [-0.05, 0) is 24.3 Å². The number of ether oxygens (including phenoxy) is 3. The van der Waals surface area contributed by atoms with Crippen molar-refractivity contribution in [3.05, 3.63) is 70.2 Å². The predicted octanol–water partition coefficient (Wildman–Crippen LogP) is 2.25. The molecular formula is C22H18N2O7. The van der Waals surface area contributed by atoms with E-state index in [1.807, 2.05) is 0 Å². The second kappa shape index (κ2) is 8.41. The van der Waals surface area contributed by atoms with E-state index in [1.165, 1.54) is 19.1 Å². The number of aromatic nitrogens is 1. The average Bonchev–Trinajstić information content (AvgIpc) is 2.82. The summed E-state index contributed by atoms with van der Waals surface area (Å²) in [6.45, 7) is -0.154. The Morgan fingerprint density at radius 3 is 2.48 bits per heavy atom. The van der Waals surface area contributed by atoms with Gasteiger partial charge in [-0.15, -0.1) is 0 Å². The van der Waals surface area contributed by atoms with Crippen molar-refractivity contribution in [1.82, 2.24) is 4.98 Å². The molecule has 158 valence electrons. The number of carbonyl (C=O) groups excluding carboxylic acids is 2. The van der Waals surface area contributed by atoms with Gasteiger partial charge in [0.15, 0.2) is 0 Å². The van der Waals surface area contributed by atoms with E-state index in [2.05, 4.69) is 4.98 Å². The Kier molecular flexibility index (Phi) is 5.50. The maximum Gasteiger partial charge on any atom is 0.355 e. The lowest BCUT2D eigenvalue weighted by Crippen LogP contribution is -2.39. The molecule has 4 rings (SSSR count). The number of rotatable bonds is 4. The van der Waals surface area contributed by atoms with Crippen LogP contribution in [-0.4, -0.2) is 44.5 Å². The monoisotopic (exact) mass is 422 g/mol. The number of benzene rings is 2. The third-order valence-corrected chi connectivity index (χ3v) is 4.79. The number of hydrogen-bond acceptors (Lipinski definition) is 9. The molecule has 0 aliphatic carbocycles. The molecule has 1 aliphatic rings. The van der Waals surface area contributed by atoms with Crippen molar-refractivity contribution in [1.29, 1.82) is 0 Å². The molecule has 0 amide bonds. The quantitative estimate of drug-likeness (QED) is 0.585. The Morgan fingerprint density at radius 1 is 1.00 bits per heavy atom. The number of hydrogen-bond donors (Lipinski definition) is 0. The number of anilines is 1. The Hall–Kier alpha value is -3.98. The summed E-state index contributed by atoms with van der Waals surface area (Å²) < 4.78 is 20.7. The second-order valence-electron chi connectivity index (χ2n) is 6.56. The number of nitrogens with zero attached hydrogens (tertiary/aromatic N) is 2. The minimum atomic E-state index is -0.730. The number of methoxy groups -OCH3 is 2. The van der Waals surface area contributed by atoms with E-state index < -0.39 is 17.6 Å². The summed E-state index contributed by atoms with van der Waals surface area (Å²) in [5, 5.41) is 0.355. The molecule has 1 aliphatic heterocycles. The molecule has 0 atom stereocenters. The van der Waals surface area contributed by atoms with Gasteiger partial charge in [0, 0.05) is 0 Å². The van der Waals surface area contributed by atoms with E-state index >= 15 is 0 Å². The van der Waals surface area contributed by atoms with E-state index in [-0.39, 0.29) is 30.5 Å². The van der Waals surface area contributed by atoms with Gasteiger partial charge < -0.3 is 23.5 Å². The molecular weight excluding hydrogens is 404 g/mol. The molecule has 1 aromatic heterocycles. The van der Waals surface area contributed by atoms with Gasteiger partial charge in [0.2, 0.25) is 5.89 Å². The lowest BCUT2D eigenvalue weighted by molar-refractivity contribution is -0.140. The fraction of sp³-hybridized carbons (Fsp3) is 0.182. The lowest BCUT2D eigenvalue weighted by atomic mass is 10.1. The summed E-state index contributed by atoms with van der Waals surface area (Å²) >= 11 is 0. The van der Waals surface area contributed by atoms with Crippen LogP contribution >= 0.6 is 0 Å². The Labute approximate surface area is 176 Å². The molecule has 0 fully saturated rings. The van der Waals surface area contributed by atoms with Crippen molar-refractivity contribution in [3.63, 3.8) is 0 Å². The first kappa shape index (κ1) is 20.3. The highest BCUT2D eigenvalue weighted by atomic mass is 16.5. The first-order valence-electron chi connectivity index (χ1n) is 9.29. The van der Waals surface area contributed by atoms with Crippen molar-refractivity contribution in [2.45, 2.75) is 0 Å². The molecule has 0 bridgehead atoms. The van der Waals surface area contributed by atoms with E-state index in [0.29, 0.717) is 22.2 Å². The summed E-state index contributed by atoms with van der Waals surface area (Å²) in [4.78, 5) is 43.2. The summed E-state index contributed by atoms with van der Waals surface area (Å²) in [7, 11) is 2.43. The standard InChI is InChI=1S/C22H18N2O7/c1-28-20(25)15-11-30-12-24(18(15)22(27)29-2)17-10-6-4-8-14(17)19-23-16-9-5-3-7-13(16)21(26)31-19/h3-10H,11-12H2,1-2H3. The predicted molar refractivity (Wildman–Crippen MR) is 110 cm³/mol. The average molecular weight is 422 g/mol. The largest absolute Gasteiger partial charge is 0.466 e.